The number of amides is 1. The summed E-state index contributed by atoms with van der Waals surface area (Å²) in [6.07, 6.45) is 0.385. The molecule has 2 unspecified atom stereocenters. The molecule has 1 aliphatic heterocycles. The van der Waals surface area contributed by atoms with Crippen LogP contribution in [0, 0.1) is 6.92 Å². The first kappa shape index (κ1) is 16.6. The Labute approximate surface area is 132 Å². The molecule has 1 N–H and O–H groups in total. The number of carbonyl (C=O) groups excluding carboxylic acids is 1. The molecule has 0 aromatic heterocycles. The molecule has 1 amide bonds. The highest BCUT2D eigenvalue weighted by molar-refractivity contribution is 5.76. The maximum atomic E-state index is 12.3. The van der Waals surface area contributed by atoms with Gasteiger partial charge >= 0.3 is 0 Å². The van der Waals surface area contributed by atoms with E-state index in [0.29, 0.717) is 36.6 Å². The van der Waals surface area contributed by atoms with Gasteiger partial charge in [-0.25, -0.2) is 0 Å². The van der Waals surface area contributed by atoms with E-state index in [1.807, 2.05) is 30.0 Å². The first-order valence-corrected chi connectivity index (χ1v) is 7.81. The van der Waals surface area contributed by atoms with E-state index in [1.165, 1.54) is 0 Å². The lowest BCUT2D eigenvalue weighted by Crippen LogP contribution is -2.56. The van der Waals surface area contributed by atoms with E-state index in [0.717, 1.165) is 18.7 Å². The van der Waals surface area contributed by atoms with Crippen LogP contribution in [0.4, 0.5) is 0 Å². The van der Waals surface area contributed by atoms with Crippen molar-refractivity contribution in [3.63, 3.8) is 0 Å². The molecule has 1 aromatic rings. The summed E-state index contributed by atoms with van der Waals surface area (Å²) in [6, 6.07) is 6.46. The Hall–Kier alpha value is -1.75. The van der Waals surface area contributed by atoms with Crippen LogP contribution in [0.1, 0.15) is 25.8 Å². The number of nitrogens with zero attached hydrogens (tertiary/aromatic N) is 1. The number of carbonyl (C=O) groups is 1. The summed E-state index contributed by atoms with van der Waals surface area (Å²) < 4.78 is 11.0. The van der Waals surface area contributed by atoms with Gasteiger partial charge < -0.3 is 19.7 Å². The van der Waals surface area contributed by atoms with Gasteiger partial charge in [-0.2, -0.15) is 0 Å². The monoisotopic (exact) mass is 306 g/mol. The van der Waals surface area contributed by atoms with E-state index in [4.69, 9.17) is 9.47 Å². The standard InChI is InChI=1S/C17H26N2O3/c1-12-5-6-15(16(9-12)21-4)22-8-7-17(20)19-10-13(2)18-14(3)11-19/h5-6,9,13-14,18H,7-8,10-11H2,1-4H3. The van der Waals surface area contributed by atoms with Crippen LogP contribution in [-0.4, -0.2) is 49.7 Å². The summed E-state index contributed by atoms with van der Waals surface area (Å²) in [6.45, 7) is 8.09. The summed E-state index contributed by atoms with van der Waals surface area (Å²) in [5.74, 6) is 1.53. The maximum absolute atomic E-state index is 12.3. The molecular formula is C17H26N2O3. The van der Waals surface area contributed by atoms with Crippen molar-refractivity contribution in [2.75, 3.05) is 26.8 Å². The van der Waals surface area contributed by atoms with Crippen LogP contribution >= 0.6 is 0 Å². The highest BCUT2D eigenvalue weighted by atomic mass is 16.5. The van der Waals surface area contributed by atoms with E-state index in [9.17, 15) is 4.79 Å². The Bertz CT molecular complexity index is 509. The third kappa shape index (κ3) is 4.37. The van der Waals surface area contributed by atoms with Gasteiger partial charge in [-0.15, -0.1) is 0 Å². The fourth-order valence-corrected chi connectivity index (χ4v) is 2.83. The molecule has 0 aliphatic carbocycles. The van der Waals surface area contributed by atoms with Gasteiger partial charge in [-0.05, 0) is 38.5 Å². The summed E-state index contributed by atoms with van der Waals surface area (Å²) in [4.78, 5) is 14.2. The van der Waals surface area contributed by atoms with Gasteiger partial charge in [-0.3, -0.25) is 4.79 Å². The van der Waals surface area contributed by atoms with Gasteiger partial charge in [0.2, 0.25) is 5.91 Å². The maximum Gasteiger partial charge on any atom is 0.226 e. The smallest absolute Gasteiger partial charge is 0.226 e. The quantitative estimate of drug-likeness (QED) is 0.904. The van der Waals surface area contributed by atoms with Crippen LogP contribution < -0.4 is 14.8 Å². The normalized spacial score (nSPS) is 21.5. The Kier molecular flexibility index (Phi) is 5.66. The van der Waals surface area contributed by atoms with Crippen molar-refractivity contribution in [1.82, 2.24) is 10.2 Å². The van der Waals surface area contributed by atoms with E-state index in [-0.39, 0.29) is 5.91 Å². The second kappa shape index (κ2) is 7.49. The summed E-state index contributed by atoms with van der Waals surface area (Å²) in [5, 5.41) is 3.42. The first-order chi connectivity index (χ1) is 10.5. The van der Waals surface area contributed by atoms with Gasteiger partial charge in [0, 0.05) is 25.2 Å². The largest absolute Gasteiger partial charge is 0.493 e. The predicted molar refractivity (Wildman–Crippen MR) is 86.5 cm³/mol. The van der Waals surface area contributed by atoms with Gasteiger partial charge in [0.15, 0.2) is 11.5 Å². The number of hydrogen-bond acceptors (Lipinski definition) is 4. The van der Waals surface area contributed by atoms with Gasteiger partial charge in [0.1, 0.15) is 0 Å². The lowest BCUT2D eigenvalue weighted by molar-refractivity contribution is -0.133. The van der Waals surface area contributed by atoms with E-state index in [1.54, 1.807) is 7.11 Å². The molecule has 5 heteroatoms. The van der Waals surface area contributed by atoms with Crippen molar-refractivity contribution in [1.29, 1.82) is 0 Å². The first-order valence-electron chi connectivity index (χ1n) is 7.81. The van der Waals surface area contributed by atoms with Crippen LogP contribution in [0.25, 0.3) is 0 Å². The molecule has 1 saturated heterocycles. The molecule has 22 heavy (non-hydrogen) atoms. The van der Waals surface area contributed by atoms with E-state index < -0.39 is 0 Å². The van der Waals surface area contributed by atoms with Gasteiger partial charge in [0.25, 0.3) is 0 Å². The van der Waals surface area contributed by atoms with Crippen LogP contribution in [0.3, 0.4) is 0 Å². The number of hydrogen-bond donors (Lipinski definition) is 1. The molecule has 0 bridgehead atoms. The fourth-order valence-electron chi connectivity index (χ4n) is 2.83. The lowest BCUT2D eigenvalue weighted by atomic mass is 10.1. The number of methoxy groups -OCH3 is 1. The summed E-state index contributed by atoms with van der Waals surface area (Å²) >= 11 is 0. The second-order valence-corrected chi connectivity index (χ2v) is 6.02. The molecule has 0 saturated carbocycles. The number of piperazine rings is 1. The molecule has 1 heterocycles. The highest BCUT2D eigenvalue weighted by Crippen LogP contribution is 2.27. The molecule has 1 aromatic carbocycles. The Morgan fingerprint density at radius 1 is 1.27 bits per heavy atom. The van der Waals surface area contributed by atoms with Crippen LogP contribution in [0.15, 0.2) is 18.2 Å². The van der Waals surface area contributed by atoms with Crippen molar-refractivity contribution < 1.29 is 14.3 Å². The fraction of sp³-hybridized carbons (Fsp3) is 0.588. The number of nitrogens with one attached hydrogen (secondary N) is 1. The number of benzene rings is 1. The van der Waals surface area contributed by atoms with E-state index in [2.05, 4.69) is 19.2 Å². The minimum Gasteiger partial charge on any atom is -0.493 e. The third-order valence-corrected chi connectivity index (χ3v) is 3.80. The minimum atomic E-state index is 0.145. The molecule has 0 spiro atoms. The zero-order valence-corrected chi connectivity index (χ0v) is 13.9. The zero-order valence-electron chi connectivity index (χ0n) is 13.9. The molecule has 1 aliphatic rings. The van der Waals surface area contributed by atoms with Crippen molar-refractivity contribution in [3.05, 3.63) is 23.8 Å². The van der Waals surface area contributed by atoms with Crippen LogP contribution in [-0.2, 0) is 4.79 Å². The topological polar surface area (TPSA) is 50.8 Å². The van der Waals surface area contributed by atoms with Gasteiger partial charge in [0.05, 0.1) is 20.1 Å². The summed E-state index contributed by atoms with van der Waals surface area (Å²) in [5.41, 5.74) is 1.11. The molecule has 1 fully saturated rings. The third-order valence-electron chi connectivity index (χ3n) is 3.80. The van der Waals surface area contributed by atoms with Gasteiger partial charge in [-0.1, -0.05) is 6.07 Å². The van der Waals surface area contributed by atoms with Crippen molar-refractivity contribution >= 4 is 5.91 Å². The van der Waals surface area contributed by atoms with Crippen molar-refractivity contribution in [2.45, 2.75) is 39.3 Å². The van der Waals surface area contributed by atoms with Crippen LogP contribution in [0.5, 0.6) is 11.5 Å². The highest BCUT2D eigenvalue weighted by Gasteiger charge is 2.24. The number of rotatable bonds is 5. The Morgan fingerprint density at radius 3 is 2.59 bits per heavy atom. The van der Waals surface area contributed by atoms with E-state index >= 15 is 0 Å². The molecule has 2 rings (SSSR count). The Morgan fingerprint density at radius 2 is 1.95 bits per heavy atom. The Balaban J connectivity index is 1.84. The number of ether oxygens (including phenoxy) is 2. The average Bonchev–Trinajstić information content (AvgIpc) is 2.47. The number of aryl methyl sites for hydroxylation is 1. The molecular weight excluding hydrogens is 280 g/mol. The predicted octanol–water partition coefficient (Wildman–Crippen LogP) is 1.98. The molecule has 122 valence electrons. The van der Waals surface area contributed by atoms with Crippen molar-refractivity contribution in [3.8, 4) is 11.5 Å². The minimum absolute atomic E-state index is 0.145. The van der Waals surface area contributed by atoms with Crippen molar-refractivity contribution in [2.24, 2.45) is 0 Å². The average molecular weight is 306 g/mol. The lowest BCUT2D eigenvalue weighted by Gasteiger charge is -2.36. The second-order valence-electron chi connectivity index (χ2n) is 6.02. The van der Waals surface area contributed by atoms with Crippen LogP contribution in [0.2, 0.25) is 0 Å². The summed E-state index contributed by atoms with van der Waals surface area (Å²) in [7, 11) is 1.62. The molecule has 2 atom stereocenters. The SMILES string of the molecule is COc1cc(C)ccc1OCCC(=O)N1CC(C)NC(C)C1. The molecule has 5 nitrogen and oxygen atoms in total. The molecule has 0 radical (unpaired) electrons. The zero-order chi connectivity index (χ0) is 16.1.